The first-order valence-corrected chi connectivity index (χ1v) is 9.02. The monoisotopic (exact) mass is 401 g/mol. The van der Waals surface area contributed by atoms with Crippen molar-refractivity contribution in [3.8, 4) is 5.75 Å². The van der Waals surface area contributed by atoms with Crippen LogP contribution < -0.4 is 50.5 Å². The van der Waals surface area contributed by atoms with Crippen LogP contribution in [0, 0.1) is 0 Å². The zero-order chi connectivity index (χ0) is 19.1. The first-order valence-electron chi connectivity index (χ1n) is 8.14. The number of amides is 2. The number of nitrogens with two attached hydrogens (primary N) is 1. The normalized spacial score (nSPS) is 27.8. The van der Waals surface area contributed by atoms with E-state index in [9.17, 15) is 19.5 Å². The first kappa shape index (κ1) is 22.0. The van der Waals surface area contributed by atoms with E-state index in [0.717, 1.165) is 0 Å². The third-order valence-corrected chi connectivity index (χ3v) is 6.58. The maximum Gasteiger partial charge on any atom is 1.00 e. The predicted octanol–water partition coefficient (Wildman–Crippen LogP) is -4.30. The van der Waals surface area contributed by atoms with E-state index in [-0.39, 0.29) is 42.7 Å². The summed E-state index contributed by atoms with van der Waals surface area (Å²) in [6.45, 7) is 2.93. The number of carbonyl (C=O) groups is 3. The number of aliphatic carboxylic acids is 1. The summed E-state index contributed by atoms with van der Waals surface area (Å²) >= 11 is 1.29. The number of carboxylic acids is 1. The molecule has 3 rings (SSSR count). The Kier molecular flexibility index (Phi) is 6.53. The summed E-state index contributed by atoms with van der Waals surface area (Å²) in [5, 5.41) is 13.9. The predicted molar refractivity (Wildman–Crippen MR) is 93.0 cm³/mol. The fourth-order valence-corrected chi connectivity index (χ4v) is 5.24. The minimum Gasteiger partial charge on any atom is -0.547 e. The molecule has 2 fully saturated rings. The molecule has 0 saturated carbocycles. The number of rotatable bonds is 6. The van der Waals surface area contributed by atoms with Crippen molar-refractivity contribution in [2.45, 2.75) is 35.5 Å². The molecule has 140 valence electrons. The van der Waals surface area contributed by atoms with Crippen molar-refractivity contribution < 1.29 is 53.8 Å². The third kappa shape index (κ3) is 3.47. The van der Waals surface area contributed by atoms with Gasteiger partial charge in [-0.2, -0.15) is 0 Å². The molecule has 0 unspecified atom stereocenters. The molecule has 1 aromatic carbocycles. The van der Waals surface area contributed by atoms with Gasteiger partial charge in [0.2, 0.25) is 5.91 Å². The Bertz CT molecular complexity index is 747. The Labute approximate surface area is 183 Å². The molecule has 2 saturated heterocycles. The minimum atomic E-state index is -1.60. The van der Waals surface area contributed by atoms with Gasteiger partial charge < -0.3 is 30.6 Å². The standard InChI is InChI=1S/C17H21N3O5S.Na/c1-16(2)17(9-18,15(23)24)20-13(22)12(14(20)26-16)19-11(21)8-25-10-6-4-3-5-7-10;/h3-7,12,14H,8-9,18H2,1-2H3,(H,19,21)(H,23,24);/q;+1/p-1/t12-,14-,17+;/m1./s1. The van der Waals surface area contributed by atoms with Crippen molar-refractivity contribution in [1.29, 1.82) is 0 Å². The first-order chi connectivity index (χ1) is 12.2. The summed E-state index contributed by atoms with van der Waals surface area (Å²) in [6, 6.07) is 8.02. The summed E-state index contributed by atoms with van der Waals surface area (Å²) in [5.74, 6) is -1.77. The summed E-state index contributed by atoms with van der Waals surface area (Å²) < 4.78 is 4.51. The number of thioether (sulfide) groups is 1. The van der Waals surface area contributed by atoms with Gasteiger partial charge in [0.15, 0.2) is 6.61 Å². The quantitative estimate of drug-likeness (QED) is 0.365. The van der Waals surface area contributed by atoms with E-state index in [1.54, 1.807) is 38.1 Å². The van der Waals surface area contributed by atoms with Crippen LogP contribution in [0.25, 0.3) is 0 Å². The zero-order valence-electron chi connectivity index (χ0n) is 15.4. The molecular formula is C17H20N3NaO5S. The number of β-lactam (4-membered cyclic amide) rings is 1. The summed E-state index contributed by atoms with van der Waals surface area (Å²) in [4.78, 5) is 37.7. The van der Waals surface area contributed by atoms with Gasteiger partial charge in [-0.15, -0.1) is 11.8 Å². The molecule has 0 aromatic heterocycles. The van der Waals surface area contributed by atoms with Gasteiger partial charge in [-0.1, -0.05) is 18.2 Å². The second-order valence-electron chi connectivity index (χ2n) is 6.73. The topological polar surface area (TPSA) is 125 Å². The van der Waals surface area contributed by atoms with Crippen molar-refractivity contribution in [1.82, 2.24) is 10.2 Å². The zero-order valence-corrected chi connectivity index (χ0v) is 18.2. The van der Waals surface area contributed by atoms with E-state index in [1.165, 1.54) is 16.7 Å². The van der Waals surface area contributed by atoms with E-state index in [2.05, 4.69) is 5.32 Å². The summed E-state index contributed by atoms with van der Waals surface area (Å²) in [7, 11) is 0. The van der Waals surface area contributed by atoms with Crippen LogP contribution in [0.4, 0.5) is 0 Å². The molecule has 2 aliphatic rings. The number of carbonyl (C=O) groups excluding carboxylic acids is 3. The van der Waals surface area contributed by atoms with Crippen molar-refractivity contribution in [3.05, 3.63) is 30.3 Å². The molecule has 10 heteroatoms. The number of ether oxygens (including phenoxy) is 1. The van der Waals surface area contributed by atoms with Crippen LogP contribution in [0.5, 0.6) is 5.75 Å². The Balaban J connectivity index is 0.00000261. The van der Waals surface area contributed by atoms with E-state index in [1.807, 2.05) is 6.07 Å². The van der Waals surface area contributed by atoms with Gasteiger partial charge in [-0.3, -0.25) is 9.59 Å². The fourth-order valence-electron chi connectivity index (χ4n) is 3.46. The van der Waals surface area contributed by atoms with Crippen molar-refractivity contribution >= 4 is 29.5 Å². The van der Waals surface area contributed by atoms with Crippen molar-refractivity contribution in [3.63, 3.8) is 0 Å². The van der Waals surface area contributed by atoms with Gasteiger partial charge in [-0.05, 0) is 26.0 Å². The van der Waals surface area contributed by atoms with Crippen LogP contribution >= 0.6 is 11.8 Å². The van der Waals surface area contributed by atoms with Crippen molar-refractivity contribution in [2.24, 2.45) is 5.73 Å². The molecule has 0 aliphatic carbocycles. The van der Waals surface area contributed by atoms with E-state index in [0.29, 0.717) is 5.75 Å². The summed E-state index contributed by atoms with van der Waals surface area (Å²) in [5.41, 5.74) is 4.12. The Morgan fingerprint density at radius 1 is 1.33 bits per heavy atom. The molecule has 27 heavy (non-hydrogen) atoms. The van der Waals surface area contributed by atoms with Gasteiger partial charge in [0.05, 0.1) is 5.97 Å². The van der Waals surface area contributed by atoms with E-state index in [4.69, 9.17) is 10.5 Å². The maximum atomic E-state index is 12.5. The largest absolute Gasteiger partial charge is 1.00 e. The number of nitrogens with one attached hydrogen (secondary N) is 1. The third-order valence-electron chi connectivity index (χ3n) is 4.93. The van der Waals surface area contributed by atoms with Gasteiger partial charge >= 0.3 is 29.6 Å². The maximum absolute atomic E-state index is 12.5. The van der Waals surface area contributed by atoms with Crippen LogP contribution in [0.3, 0.4) is 0 Å². The number of para-hydroxylation sites is 1. The smallest absolute Gasteiger partial charge is 0.547 e. The van der Waals surface area contributed by atoms with Gasteiger partial charge in [-0.25, -0.2) is 0 Å². The number of hydrogen-bond acceptors (Lipinski definition) is 7. The molecule has 0 spiro atoms. The van der Waals surface area contributed by atoms with Crippen molar-refractivity contribution in [2.75, 3.05) is 13.2 Å². The van der Waals surface area contributed by atoms with Gasteiger partial charge in [0.1, 0.15) is 22.7 Å². The second kappa shape index (κ2) is 8.00. The van der Waals surface area contributed by atoms with Gasteiger partial charge in [0, 0.05) is 11.3 Å². The van der Waals surface area contributed by atoms with Crippen LogP contribution in [0.2, 0.25) is 0 Å². The number of benzene rings is 1. The molecule has 0 radical (unpaired) electrons. The average Bonchev–Trinajstić information content (AvgIpc) is 2.83. The minimum absolute atomic E-state index is 0. The number of hydrogen-bond donors (Lipinski definition) is 2. The summed E-state index contributed by atoms with van der Waals surface area (Å²) in [6.07, 6.45) is 0. The van der Waals surface area contributed by atoms with Crippen LogP contribution in [0.1, 0.15) is 13.8 Å². The number of carboxylic acid groups (broad SMARTS) is 1. The SMILES string of the molecule is CC1(C)S[C@@H]2[C@H](NC(=O)COc3ccccc3)C(=O)N2[C@@]1(CN)C(=O)[O-].[Na+]. The Hall–Kier alpha value is -1.26. The fraction of sp³-hybridized carbons (Fsp3) is 0.471. The molecule has 1 aromatic rings. The van der Waals surface area contributed by atoms with Crippen LogP contribution in [-0.4, -0.2) is 57.5 Å². The van der Waals surface area contributed by atoms with Gasteiger partial charge in [0.25, 0.3) is 5.91 Å². The Morgan fingerprint density at radius 2 is 1.96 bits per heavy atom. The van der Waals surface area contributed by atoms with E-state index < -0.39 is 39.5 Å². The molecular weight excluding hydrogens is 381 g/mol. The van der Waals surface area contributed by atoms with Crippen LogP contribution in [0.15, 0.2) is 30.3 Å². The number of fused-ring (bicyclic) bond motifs is 1. The second-order valence-corrected chi connectivity index (χ2v) is 8.47. The molecule has 3 N–H and O–H groups in total. The molecule has 2 amide bonds. The molecule has 3 atom stereocenters. The molecule has 2 heterocycles. The Morgan fingerprint density at radius 3 is 2.52 bits per heavy atom. The molecule has 0 bridgehead atoms. The molecule has 8 nitrogen and oxygen atoms in total. The van der Waals surface area contributed by atoms with Crippen LogP contribution in [-0.2, 0) is 14.4 Å². The van der Waals surface area contributed by atoms with E-state index >= 15 is 0 Å². The number of nitrogens with zero attached hydrogens (tertiary/aromatic N) is 1. The molecule has 2 aliphatic heterocycles. The average molecular weight is 401 g/mol.